The van der Waals surface area contributed by atoms with E-state index in [1.165, 1.54) is 29.0 Å². The zero-order valence-corrected chi connectivity index (χ0v) is 31.8. The average Bonchev–Trinajstić information content (AvgIpc) is 3.68. The number of nitrogens with one attached hydrogen (secondary N) is 4. The van der Waals surface area contributed by atoms with Gasteiger partial charge in [-0.2, -0.15) is 12.6 Å². The number of phenols is 1. The number of likely N-dealkylation sites (tertiary alicyclic amines) is 1. The van der Waals surface area contributed by atoms with Crippen molar-refractivity contribution in [3.63, 3.8) is 0 Å². The van der Waals surface area contributed by atoms with Crippen molar-refractivity contribution in [3.8, 4) is 5.75 Å². The number of thiol groups is 1. The van der Waals surface area contributed by atoms with Gasteiger partial charge >= 0.3 is 0 Å². The van der Waals surface area contributed by atoms with E-state index in [4.69, 9.17) is 17.2 Å². The topological polar surface area (TPSA) is 272 Å². The highest BCUT2D eigenvalue weighted by Crippen LogP contribution is 2.22. The zero-order valence-electron chi connectivity index (χ0n) is 30.9. The number of nitrogens with zero attached hydrogens (tertiary/aromatic N) is 2. The Labute approximate surface area is 325 Å². The molecule has 0 spiro atoms. The van der Waals surface area contributed by atoms with Crippen molar-refractivity contribution in [1.29, 1.82) is 0 Å². The van der Waals surface area contributed by atoms with Crippen molar-refractivity contribution in [2.24, 2.45) is 17.2 Å². The number of carbonyl (C=O) groups excluding carboxylic acids is 7. The molecule has 0 bridgehead atoms. The van der Waals surface area contributed by atoms with Crippen LogP contribution in [0.2, 0.25) is 0 Å². The minimum Gasteiger partial charge on any atom is -0.508 e. The van der Waals surface area contributed by atoms with E-state index in [9.17, 15) is 38.7 Å². The highest BCUT2D eigenvalue weighted by molar-refractivity contribution is 7.80. The Balaban J connectivity index is 1.70. The molecular formula is C37H53N9O8S. The predicted molar refractivity (Wildman–Crippen MR) is 207 cm³/mol. The molecule has 0 aromatic heterocycles. The molecule has 1 aliphatic rings. The van der Waals surface area contributed by atoms with Crippen LogP contribution in [0.25, 0.3) is 0 Å². The van der Waals surface area contributed by atoms with Gasteiger partial charge < -0.3 is 53.4 Å². The number of rotatable bonds is 21. The third-order valence-corrected chi connectivity index (χ3v) is 9.67. The summed E-state index contributed by atoms with van der Waals surface area (Å²) in [6.07, 6.45) is 2.19. The number of hydrogen-bond acceptors (Lipinski definition) is 11. The molecule has 1 fully saturated rings. The van der Waals surface area contributed by atoms with Crippen molar-refractivity contribution in [1.82, 2.24) is 31.1 Å². The molecule has 1 heterocycles. The van der Waals surface area contributed by atoms with Crippen LogP contribution < -0.4 is 38.5 Å². The van der Waals surface area contributed by atoms with E-state index in [0.29, 0.717) is 37.8 Å². The number of unbranched alkanes of at least 4 members (excludes halogenated alkanes) is 1. The minimum atomic E-state index is -1.15. The Bertz CT molecular complexity index is 1630. The normalized spacial score (nSPS) is 15.9. The number of phenolic OH excluding ortho intramolecular Hbond substituents is 1. The van der Waals surface area contributed by atoms with Gasteiger partial charge in [-0.1, -0.05) is 42.5 Å². The summed E-state index contributed by atoms with van der Waals surface area (Å²) in [5.74, 6) is -4.38. The SMILES string of the molecule is CN(C(=O)CN)[C@@H](Cc1ccc(O)cc1)C(=O)N1CCC[C@H]1C(=O)NCC(=O)N[C@@H](CCCCN)C(=O)N[C@@H](Cc1ccccc1)C(=O)N[C@@H](CS)C(N)=O. The fraction of sp³-hybridized carbons (Fsp3) is 0.486. The maximum atomic E-state index is 13.9. The van der Waals surface area contributed by atoms with Crippen molar-refractivity contribution < 1.29 is 38.7 Å². The fourth-order valence-electron chi connectivity index (χ4n) is 6.16. The number of aromatic hydroxyl groups is 1. The van der Waals surface area contributed by atoms with Crippen LogP contribution in [0.1, 0.15) is 43.2 Å². The van der Waals surface area contributed by atoms with Crippen LogP contribution >= 0.6 is 12.6 Å². The second-order valence-corrected chi connectivity index (χ2v) is 13.7. The van der Waals surface area contributed by atoms with Gasteiger partial charge in [-0.3, -0.25) is 33.6 Å². The van der Waals surface area contributed by atoms with E-state index < -0.39 is 78.1 Å². The monoisotopic (exact) mass is 783 g/mol. The van der Waals surface area contributed by atoms with Crippen molar-refractivity contribution in [3.05, 3.63) is 65.7 Å². The van der Waals surface area contributed by atoms with Crippen LogP contribution in [-0.4, -0.2) is 125 Å². The fourth-order valence-corrected chi connectivity index (χ4v) is 6.43. The summed E-state index contributed by atoms with van der Waals surface area (Å²) in [6.45, 7) is -0.253. The van der Waals surface area contributed by atoms with Gasteiger partial charge in [0.05, 0.1) is 13.1 Å². The van der Waals surface area contributed by atoms with Crippen LogP contribution in [0.15, 0.2) is 54.6 Å². The first kappa shape index (κ1) is 44.2. The van der Waals surface area contributed by atoms with Crippen LogP contribution in [0.4, 0.5) is 0 Å². The van der Waals surface area contributed by atoms with Gasteiger partial charge in [0.15, 0.2) is 0 Å². The van der Waals surface area contributed by atoms with Crippen LogP contribution in [0.5, 0.6) is 5.75 Å². The predicted octanol–water partition coefficient (Wildman–Crippen LogP) is -1.93. The van der Waals surface area contributed by atoms with E-state index >= 15 is 0 Å². The number of carbonyl (C=O) groups is 7. The maximum Gasteiger partial charge on any atom is 0.246 e. The molecule has 2 aromatic carbocycles. The summed E-state index contributed by atoms with van der Waals surface area (Å²) in [7, 11) is 1.46. The zero-order chi connectivity index (χ0) is 40.5. The lowest BCUT2D eigenvalue weighted by Crippen LogP contribution is -2.58. The Morgan fingerprint density at radius 2 is 1.51 bits per heavy atom. The first-order valence-corrected chi connectivity index (χ1v) is 18.8. The van der Waals surface area contributed by atoms with Gasteiger partial charge in [0.25, 0.3) is 0 Å². The highest BCUT2D eigenvalue weighted by Gasteiger charge is 2.39. The van der Waals surface area contributed by atoms with E-state index in [-0.39, 0.29) is 43.9 Å². The molecule has 0 saturated carbocycles. The van der Waals surface area contributed by atoms with Crippen LogP contribution in [0.3, 0.4) is 0 Å². The van der Waals surface area contributed by atoms with E-state index in [1.54, 1.807) is 42.5 Å². The average molecular weight is 784 g/mol. The maximum absolute atomic E-state index is 13.9. The number of primary amides is 1. The smallest absolute Gasteiger partial charge is 0.246 e. The van der Waals surface area contributed by atoms with Crippen LogP contribution in [-0.2, 0) is 46.4 Å². The summed E-state index contributed by atoms with van der Waals surface area (Å²) < 4.78 is 0. The largest absolute Gasteiger partial charge is 0.508 e. The van der Waals surface area contributed by atoms with Crippen LogP contribution in [0, 0.1) is 0 Å². The van der Waals surface area contributed by atoms with Gasteiger partial charge in [-0.25, -0.2) is 0 Å². The Morgan fingerprint density at radius 1 is 0.873 bits per heavy atom. The molecule has 17 nitrogen and oxygen atoms in total. The summed E-state index contributed by atoms with van der Waals surface area (Å²) in [5.41, 5.74) is 18.0. The molecule has 3 rings (SSSR count). The molecule has 1 aliphatic heterocycles. The van der Waals surface area contributed by atoms with Gasteiger partial charge in [0.1, 0.15) is 36.0 Å². The molecule has 0 unspecified atom stereocenters. The van der Waals surface area contributed by atoms with Crippen molar-refractivity contribution >= 4 is 54.0 Å². The second kappa shape index (κ2) is 22.2. The quantitative estimate of drug-likeness (QED) is 0.0500. The van der Waals surface area contributed by atoms with E-state index in [0.717, 1.165) is 5.56 Å². The van der Waals surface area contributed by atoms with Gasteiger partial charge in [0, 0.05) is 32.2 Å². The first-order valence-electron chi connectivity index (χ1n) is 18.2. The molecule has 0 radical (unpaired) electrons. The lowest BCUT2D eigenvalue weighted by atomic mass is 10.0. The number of hydrogen-bond donors (Lipinski definition) is 9. The molecule has 11 N–H and O–H groups in total. The Morgan fingerprint density at radius 3 is 2.13 bits per heavy atom. The molecule has 0 aliphatic carbocycles. The number of amides is 7. The second-order valence-electron chi connectivity index (χ2n) is 13.3. The first-order chi connectivity index (χ1) is 26.3. The lowest BCUT2D eigenvalue weighted by molar-refractivity contribution is -0.146. The number of nitrogens with two attached hydrogens (primary N) is 3. The molecule has 1 saturated heterocycles. The standard InChI is InChI=1S/C37H53N9O8S/c1-45(32(49)20-39)30(19-24-12-14-25(47)15-13-24)37(54)46-17-7-11-29(46)36(53)41-21-31(48)42-26(10-5-6-16-38)34(51)43-27(18-23-8-3-2-4-9-23)35(52)44-28(22-55)33(40)50/h2-4,8-9,12-15,26-30,47,55H,5-7,10-11,16-22,38-39H2,1H3,(H2,40,50)(H,41,53)(H,42,48)(H,43,51)(H,44,52)/t26-,27-,28-,29-,30-/m0/s1. The minimum absolute atomic E-state index is 0.0418. The van der Waals surface area contributed by atoms with Crippen molar-refractivity contribution in [2.45, 2.75) is 75.2 Å². The highest BCUT2D eigenvalue weighted by atomic mass is 32.1. The summed E-state index contributed by atoms with van der Waals surface area (Å²) in [4.78, 5) is 94.5. The summed E-state index contributed by atoms with van der Waals surface area (Å²) >= 11 is 4.08. The molecule has 7 amide bonds. The molecule has 300 valence electrons. The summed E-state index contributed by atoms with van der Waals surface area (Å²) in [6, 6.07) is 9.83. The molecule has 5 atom stereocenters. The van der Waals surface area contributed by atoms with Gasteiger partial charge in [0.2, 0.25) is 41.4 Å². The molecular weight excluding hydrogens is 731 g/mol. The number of likely N-dealkylation sites (N-methyl/N-ethyl adjacent to an activating group) is 1. The molecule has 55 heavy (non-hydrogen) atoms. The van der Waals surface area contributed by atoms with Crippen molar-refractivity contribution in [2.75, 3.05) is 39.0 Å². The summed E-state index contributed by atoms with van der Waals surface area (Å²) in [5, 5.41) is 20.1. The van der Waals surface area contributed by atoms with Gasteiger partial charge in [-0.05, 0) is 61.9 Å². The van der Waals surface area contributed by atoms with E-state index in [2.05, 4.69) is 33.9 Å². The molecule has 18 heteroatoms. The van der Waals surface area contributed by atoms with E-state index in [1.807, 2.05) is 0 Å². The Hall–Kier alpha value is -5.20. The molecule has 2 aromatic rings. The Kier molecular flexibility index (Phi) is 17.9. The lowest BCUT2D eigenvalue weighted by Gasteiger charge is -2.33. The third kappa shape index (κ3) is 13.6. The third-order valence-electron chi connectivity index (χ3n) is 9.30. The van der Waals surface area contributed by atoms with Gasteiger partial charge in [-0.15, -0.1) is 0 Å². The number of benzene rings is 2.